The standard InChI is InChI=1S/C13H28N2O2/c1-13(2)6-5-12(17-13)11-15(8-4-7-14)9-10-16-3/h12H,4-11,14H2,1-3H3. The van der Waals surface area contributed by atoms with Crippen LogP contribution in [0.4, 0.5) is 0 Å². The first-order chi connectivity index (χ1) is 8.07. The zero-order valence-corrected chi connectivity index (χ0v) is 11.6. The van der Waals surface area contributed by atoms with Crippen molar-refractivity contribution in [2.45, 2.75) is 44.8 Å². The number of nitrogens with two attached hydrogens (primary N) is 1. The highest BCUT2D eigenvalue weighted by Crippen LogP contribution is 2.29. The predicted octanol–water partition coefficient (Wildman–Crippen LogP) is 1.24. The number of methoxy groups -OCH3 is 1. The largest absolute Gasteiger partial charge is 0.383 e. The lowest BCUT2D eigenvalue weighted by Gasteiger charge is -2.26. The van der Waals surface area contributed by atoms with Crippen LogP contribution in [0.3, 0.4) is 0 Å². The van der Waals surface area contributed by atoms with Gasteiger partial charge in [-0.2, -0.15) is 0 Å². The second kappa shape index (κ2) is 7.31. The molecule has 0 aliphatic carbocycles. The van der Waals surface area contributed by atoms with Crippen molar-refractivity contribution >= 4 is 0 Å². The van der Waals surface area contributed by atoms with Gasteiger partial charge in [-0.25, -0.2) is 0 Å². The SMILES string of the molecule is COCCN(CCCN)CC1CCC(C)(C)O1. The van der Waals surface area contributed by atoms with E-state index in [-0.39, 0.29) is 5.60 Å². The molecule has 4 heteroatoms. The van der Waals surface area contributed by atoms with Crippen molar-refractivity contribution in [2.75, 3.05) is 39.9 Å². The minimum Gasteiger partial charge on any atom is -0.383 e. The summed E-state index contributed by atoms with van der Waals surface area (Å²) in [5.74, 6) is 0. The Morgan fingerprint density at radius 1 is 1.41 bits per heavy atom. The Morgan fingerprint density at radius 3 is 2.71 bits per heavy atom. The molecule has 1 heterocycles. The van der Waals surface area contributed by atoms with Crippen LogP contribution >= 0.6 is 0 Å². The Morgan fingerprint density at radius 2 is 2.18 bits per heavy atom. The van der Waals surface area contributed by atoms with E-state index < -0.39 is 0 Å². The summed E-state index contributed by atoms with van der Waals surface area (Å²) in [5.41, 5.74) is 5.63. The molecule has 1 fully saturated rings. The minimum atomic E-state index is 0.0610. The van der Waals surface area contributed by atoms with Gasteiger partial charge < -0.3 is 15.2 Å². The molecule has 0 aromatic heterocycles. The Balaban J connectivity index is 2.31. The van der Waals surface area contributed by atoms with E-state index in [9.17, 15) is 0 Å². The molecule has 17 heavy (non-hydrogen) atoms. The quantitative estimate of drug-likeness (QED) is 0.698. The molecule has 1 atom stereocenters. The van der Waals surface area contributed by atoms with Crippen LogP contribution in [0.25, 0.3) is 0 Å². The highest BCUT2D eigenvalue weighted by Gasteiger charge is 2.32. The van der Waals surface area contributed by atoms with Gasteiger partial charge in [0.25, 0.3) is 0 Å². The third kappa shape index (κ3) is 5.82. The second-order valence-corrected chi connectivity index (χ2v) is 5.47. The Bertz CT molecular complexity index is 202. The summed E-state index contributed by atoms with van der Waals surface area (Å²) in [7, 11) is 1.75. The first-order valence-corrected chi connectivity index (χ1v) is 6.66. The van der Waals surface area contributed by atoms with Crippen LogP contribution in [-0.2, 0) is 9.47 Å². The fraction of sp³-hybridized carbons (Fsp3) is 1.00. The van der Waals surface area contributed by atoms with Gasteiger partial charge in [0.1, 0.15) is 0 Å². The number of hydrogen-bond acceptors (Lipinski definition) is 4. The molecule has 1 aliphatic heterocycles. The van der Waals surface area contributed by atoms with E-state index >= 15 is 0 Å². The van der Waals surface area contributed by atoms with Gasteiger partial charge in [-0.05, 0) is 46.2 Å². The summed E-state index contributed by atoms with van der Waals surface area (Å²) in [4.78, 5) is 2.41. The second-order valence-electron chi connectivity index (χ2n) is 5.47. The molecule has 1 aliphatic rings. The predicted molar refractivity (Wildman–Crippen MR) is 70.2 cm³/mol. The minimum absolute atomic E-state index is 0.0610. The fourth-order valence-corrected chi connectivity index (χ4v) is 2.32. The fourth-order valence-electron chi connectivity index (χ4n) is 2.32. The average Bonchev–Trinajstić information content (AvgIpc) is 2.62. The van der Waals surface area contributed by atoms with Crippen molar-refractivity contribution in [3.63, 3.8) is 0 Å². The van der Waals surface area contributed by atoms with Crippen molar-refractivity contribution in [2.24, 2.45) is 5.73 Å². The van der Waals surface area contributed by atoms with E-state index in [1.807, 2.05) is 0 Å². The lowest BCUT2D eigenvalue weighted by atomic mass is 10.1. The molecule has 0 bridgehead atoms. The van der Waals surface area contributed by atoms with Crippen molar-refractivity contribution in [3.8, 4) is 0 Å². The van der Waals surface area contributed by atoms with Crippen molar-refractivity contribution in [3.05, 3.63) is 0 Å². The molecule has 0 spiro atoms. The van der Waals surface area contributed by atoms with Gasteiger partial charge in [-0.15, -0.1) is 0 Å². The number of rotatable bonds is 8. The maximum Gasteiger partial charge on any atom is 0.0710 e. The zero-order valence-electron chi connectivity index (χ0n) is 11.6. The van der Waals surface area contributed by atoms with Gasteiger partial charge in [0, 0.05) is 20.2 Å². The van der Waals surface area contributed by atoms with E-state index in [0.717, 1.165) is 45.6 Å². The molecule has 1 rings (SSSR count). The van der Waals surface area contributed by atoms with Crippen LogP contribution < -0.4 is 5.73 Å². The van der Waals surface area contributed by atoms with E-state index in [0.29, 0.717) is 6.10 Å². The van der Waals surface area contributed by atoms with Gasteiger partial charge in [0.2, 0.25) is 0 Å². The van der Waals surface area contributed by atoms with Crippen molar-refractivity contribution < 1.29 is 9.47 Å². The Labute approximate surface area is 105 Å². The van der Waals surface area contributed by atoms with E-state index in [1.165, 1.54) is 6.42 Å². The number of hydrogen-bond donors (Lipinski definition) is 1. The van der Waals surface area contributed by atoms with Crippen LogP contribution in [0.2, 0.25) is 0 Å². The van der Waals surface area contributed by atoms with Gasteiger partial charge in [-0.3, -0.25) is 4.90 Å². The molecular weight excluding hydrogens is 216 g/mol. The average molecular weight is 244 g/mol. The first-order valence-electron chi connectivity index (χ1n) is 6.66. The lowest BCUT2D eigenvalue weighted by molar-refractivity contribution is -0.0305. The molecule has 102 valence electrons. The molecule has 0 radical (unpaired) electrons. The molecule has 0 aromatic rings. The summed E-state index contributed by atoms with van der Waals surface area (Å²) >= 11 is 0. The smallest absolute Gasteiger partial charge is 0.0710 e. The Kier molecular flexibility index (Phi) is 6.41. The summed E-state index contributed by atoms with van der Waals surface area (Å²) in [6.45, 7) is 8.89. The van der Waals surface area contributed by atoms with Gasteiger partial charge >= 0.3 is 0 Å². The van der Waals surface area contributed by atoms with Crippen LogP contribution in [0, 0.1) is 0 Å². The normalized spacial score (nSPS) is 23.5. The third-order valence-electron chi connectivity index (χ3n) is 3.31. The molecular formula is C13H28N2O2. The van der Waals surface area contributed by atoms with Crippen molar-refractivity contribution in [1.82, 2.24) is 4.90 Å². The summed E-state index contributed by atoms with van der Waals surface area (Å²) < 4.78 is 11.2. The number of ether oxygens (including phenoxy) is 2. The van der Waals surface area contributed by atoms with Crippen LogP contribution in [0.5, 0.6) is 0 Å². The maximum absolute atomic E-state index is 6.03. The molecule has 0 aromatic carbocycles. The monoisotopic (exact) mass is 244 g/mol. The van der Waals surface area contributed by atoms with Gasteiger partial charge in [0.15, 0.2) is 0 Å². The molecule has 4 nitrogen and oxygen atoms in total. The Hall–Kier alpha value is -0.160. The highest BCUT2D eigenvalue weighted by atomic mass is 16.5. The molecule has 0 amide bonds. The number of nitrogens with zero attached hydrogens (tertiary/aromatic N) is 1. The van der Waals surface area contributed by atoms with Crippen LogP contribution in [0.15, 0.2) is 0 Å². The summed E-state index contributed by atoms with van der Waals surface area (Å²) in [6, 6.07) is 0. The zero-order chi connectivity index (χ0) is 12.7. The first kappa shape index (κ1) is 14.9. The summed E-state index contributed by atoms with van der Waals surface area (Å²) in [6.07, 6.45) is 3.74. The molecule has 0 saturated carbocycles. The topological polar surface area (TPSA) is 47.7 Å². The van der Waals surface area contributed by atoms with Crippen LogP contribution in [0.1, 0.15) is 33.1 Å². The molecule has 2 N–H and O–H groups in total. The van der Waals surface area contributed by atoms with E-state index in [1.54, 1.807) is 7.11 Å². The van der Waals surface area contributed by atoms with Gasteiger partial charge in [0.05, 0.1) is 18.3 Å². The van der Waals surface area contributed by atoms with Gasteiger partial charge in [-0.1, -0.05) is 0 Å². The van der Waals surface area contributed by atoms with E-state index in [2.05, 4.69) is 18.7 Å². The van der Waals surface area contributed by atoms with E-state index in [4.69, 9.17) is 15.2 Å². The molecule has 1 unspecified atom stereocenters. The summed E-state index contributed by atoms with van der Waals surface area (Å²) in [5, 5.41) is 0. The van der Waals surface area contributed by atoms with Crippen LogP contribution in [-0.4, -0.2) is 56.5 Å². The highest BCUT2D eigenvalue weighted by molar-refractivity contribution is 4.82. The van der Waals surface area contributed by atoms with Crippen molar-refractivity contribution in [1.29, 1.82) is 0 Å². The maximum atomic E-state index is 6.03. The lowest BCUT2D eigenvalue weighted by Crippen LogP contribution is -2.37. The molecule has 1 saturated heterocycles. The third-order valence-corrected chi connectivity index (χ3v) is 3.31.